The van der Waals surface area contributed by atoms with Gasteiger partial charge in [-0.2, -0.15) is 5.10 Å². The van der Waals surface area contributed by atoms with E-state index in [0.29, 0.717) is 18.4 Å². The van der Waals surface area contributed by atoms with Crippen LogP contribution in [0.3, 0.4) is 0 Å². The number of piperidine rings is 1. The van der Waals surface area contributed by atoms with E-state index in [0.717, 1.165) is 49.0 Å². The minimum Gasteiger partial charge on any atom is -0.490 e. The molecule has 0 bridgehead atoms. The molecule has 1 saturated heterocycles. The van der Waals surface area contributed by atoms with Gasteiger partial charge in [-0.05, 0) is 61.4 Å². The van der Waals surface area contributed by atoms with Crippen molar-refractivity contribution in [2.24, 2.45) is 16.9 Å². The van der Waals surface area contributed by atoms with Gasteiger partial charge in [-0.25, -0.2) is 5.43 Å². The molecular formula is C23H35N3O2. The van der Waals surface area contributed by atoms with Gasteiger partial charge in [-0.1, -0.05) is 33.6 Å². The topological polar surface area (TPSA) is 53.9 Å². The van der Waals surface area contributed by atoms with E-state index in [1.807, 2.05) is 24.3 Å². The van der Waals surface area contributed by atoms with E-state index in [9.17, 15) is 4.79 Å². The van der Waals surface area contributed by atoms with Gasteiger partial charge in [0.15, 0.2) is 0 Å². The summed E-state index contributed by atoms with van der Waals surface area (Å²) in [6.07, 6.45) is 8.70. The summed E-state index contributed by atoms with van der Waals surface area (Å²) in [4.78, 5) is 13.3. The molecule has 0 aromatic heterocycles. The number of amides is 1. The van der Waals surface area contributed by atoms with E-state index in [1.54, 1.807) is 0 Å². The lowest BCUT2D eigenvalue weighted by Gasteiger charge is -2.36. The Hall–Kier alpha value is -1.88. The van der Waals surface area contributed by atoms with Gasteiger partial charge >= 0.3 is 0 Å². The molecule has 154 valence electrons. The molecule has 0 radical (unpaired) electrons. The molecule has 28 heavy (non-hydrogen) atoms. The summed E-state index contributed by atoms with van der Waals surface area (Å²) < 4.78 is 6.25. The highest BCUT2D eigenvalue weighted by Crippen LogP contribution is 2.28. The molecule has 5 nitrogen and oxygen atoms in total. The molecule has 1 atom stereocenters. The van der Waals surface area contributed by atoms with E-state index in [2.05, 4.69) is 36.2 Å². The Bertz CT molecular complexity index is 642. The number of hydrogen-bond donors (Lipinski definition) is 1. The highest BCUT2D eigenvalue weighted by atomic mass is 16.5. The SMILES string of the molecule is CC(C)C(C)/C(=N\NC=O)c1ccc(OC2CCN(C3CCCC3)CC2)cc1. The summed E-state index contributed by atoms with van der Waals surface area (Å²) in [5.41, 5.74) is 4.39. The van der Waals surface area contributed by atoms with Gasteiger partial charge < -0.3 is 9.64 Å². The Labute approximate surface area is 169 Å². The van der Waals surface area contributed by atoms with Crippen molar-refractivity contribution < 1.29 is 9.53 Å². The lowest BCUT2D eigenvalue weighted by molar-refractivity contribution is -0.109. The minimum absolute atomic E-state index is 0.249. The Morgan fingerprint density at radius 2 is 1.75 bits per heavy atom. The predicted octanol–water partition coefficient (Wildman–Crippen LogP) is 4.21. The fourth-order valence-corrected chi connectivity index (χ4v) is 4.37. The smallest absolute Gasteiger partial charge is 0.227 e. The summed E-state index contributed by atoms with van der Waals surface area (Å²) in [6.45, 7) is 8.78. The van der Waals surface area contributed by atoms with Crippen LogP contribution in [0.4, 0.5) is 0 Å². The fourth-order valence-electron chi connectivity index (χ4n) is 4.37. The average Bonchev–Trinajstić information content (AvgIpc) is 3.24. The van der Waals surface area contributed by atoms with E-state index in [4.69, 9.17) is 4.74 Å². The summed E-state index contributed by atoms with van der Waals surface area (Å²) in [7, 11) is 0. The maximum absolute atomic E-state index is 10.7. The van der Waals surface area contributed by atoms with Gasteiger partial charge in [0.1, 0.15) is 11.9 Å². The molecule has 1 heterocycles. The van der Waals surface area contributed by atoms with E-state index in [-0.39, 0.29) is 5.92 Å². The van der Waals surface area contributed by atoms with E-state index < -0.39 is 0 Å². The zero-order valence-corrected chi connectivity index (χ0v) is 17.6. The Morgan fingerprint density at radius 3 is 2.32 bits per heavy atom. The number of benzene rings is 1. The highest BCUT2D eigenvalue weighted by Gasteiger charge is 2.27. The third kappa shape index (κ3) is 5.34. The Kier molecular flexibility index (Phi) is 7.49. The number of rotatable bonds is 8. The number of hydrogen-bond acceptors (Lipinski definition) is 4. The van der Waals surface area contributed by atoms with Crippen molar-refractivity contribution in [2.75, 3.05) is 13.1 Å². The van der Waals surface area contributed by atoms with Crippen molar-refractivity contribution in [1.82, 2.24) is 10.3 Å². The zero-order valence-electron chi connectivity index (χ0n) is 17.6. The Balaban J connectivity index is 1.57. The van der Waals surface area contributed by atoms with Crippen molar-refractivity contribution >= 4 is 12.1 Å². The average molecular weight is 386 g/mol. The van der Waals surface area contributed by atoms with Crippen molar-refractivity contribution in [3.05, 3.63) is 29.8 Å². The zero-order chi connectivity index (χ0) is 19.9. The molecule has 2 aliphatic rings. The molecule has 1 aromatic carbocycles. The first-order valence-electron chi connectivity index (χ1n) is 10.9. The summed E-state index contributed by atoms with van der Waals surface area (Å²) in [5, 5.41) is 4.28. The number of ether oxygens (including phenoxy) is 1. The molecule has 2 fully saturated rings. The molecule has 3 rings (SSSR count). The van der Waals surface area contributed by atoms with Crippen LogP contribution in [0.1, 0.15) is 64.9 Å². The largest absolute Gasteiger partial charge is 0.490 e. The third-order valence-corrected chi connectivity index (χ3v) is 6.44. The van der Waals surface area contributed by atoms with Crippen LogP contribution in [0.2, 0.25) is 0 Å². The second-order valence-corrected chi connectivity index (χ2v) is 8.59. The van der Waals surface area contributed by atoms with Gasteiger partial charge in [0, 0.05) is 25.0 Å². The number of hydrazone groups is 1. The minimum atomic E-state index is 0.249. The summed E-state index contributed by atoms with van der Waals surface area (Å²) in [6, 6.07) is 8.98. The first kappa shape index (κ1) is 20.8. The van der Waals surface area contributed by atoms with Crippen LogP contribution in [-0.4, -0.2) is 42.3 Å². The first-order chi connectivity index (χ1) is 13.6. The van der Waals surface area contributed by atoms with Crippen LogP contribution < -0.4 is 10.2 Å². The van der Waals surface area contributed by atoms with Crippen molar-refractivity contribution in [1.29, 1.82) is 0 Å². The Morgan fingerprint density at radius 1 is 1.11 bits per heavy atom. The van der Waals surface area contributed by atoms with Crippen LogP contribution in [0.25, 0.3) is 0 Å². The maximum atomic E-state index is 10.7. The quantitative estimate of drug-likeness (QED) is 0.414. The highest BCUT2D eigenvalue weighted by molar-refractivity contribution is 6.02. The van der Waals surface area contributed by atoms with Gasteiger partial charge in [0.05, 0.1) is 5.71 Å². The molecule has 1 unspecified atom stereocenters. The van der Waals surface area contributed by atoms with E-state index in [1.165, 1.54) is 25.7 Å². The van der Waals surface area contributed by atoms with Crippen LogP contribution in [-0.2, 0) is 4.79 Å². The van der Waals surface area contributed by atoms with Gasteiger partial charge in [-0.15, -0.1) is 0 Å². The van der Waals surface area contributed by atoms with E-state index >= 15 is 0 Å². The summed E-state index contributed by atoms with van der Waals surface area (Å²) in [5.74, 6) is 1.61. The number of nitrogens with one attached hydrogen (secondary N) is 1. The molecule has 1 aliphatic heterocycles. The predicted molar refractivity (Wildman–Crippen MR) is 114 cm³/mol. The van der Waals surface area contributed by atoms with Crippen molar-refractivity contribution in [3.63, 3.8) is 0 Å². The lowest BCUT2D eigenvalue weighted by atomic mass is 9.89. The van der Waals surface area contributed by atoms with Crippen LogP contribution in [0.5, 0.6) is 5.75 Å². The van der Waals surface area contributed by atoms with Crippen LogP contribution in [0.15, 0.2) is 29.4 Å². The number of nitrogens with zero attached hydrogens (tertiary/aromatic N) is 2. The molecule has 1 N–H and O–H groups in total. The monoisotopic (exact) mass is 385 g/mol. The summed E-state index contributed by atoms with van der Waals surface area (Å²) >= 11 is 0. The molecular weight excluding hydrogens is 350 g/mol. The molecule has 0 spiro atoms. The van der Waals surface area contributed by atoms with Crippen molar-refractivity contribution in [2.45, 2.75) is 71.4 Å². The van der Waals surface area contributed by atoms with Crippen LogP contribution >= 0.6 is 0 Å². The molecule has 1 aromatic rings. The fraction of sp³-hybridized carbons (Fsp3) is 0.652. The standard InChI is InChI=1S/C23H35N3O2/c1-17(2)18(3)23(25-24-16-27)19-8-10-21(11-9-19)28-22-12-14-26(15-13-22)20-6-4-5-7-20/h8-11,16-18,20,22H,4-7,12-15H2,1-3H3,(H,24,27)/b25-23+. The molecule has 1 saturated carbocycles. The first-order valence-corrected chi connectivity index (χ1v) is 10.9. The lowest BCUT2D eigenvalue weighted by Crippen LogP contribution is -2.43. The van der Waals surface area contributed by atoms with Gasteiger partial charge in [0.2, 0.25) is 6.41 Å². The molecule has 1 aliphatic carbocycles. The number of carbonyl (C=O) groups excluding carboxylic acids is 1. The van der Waals surface area contributed by atoms with Gasteiger partial charge in [0.25, 0.3) is 0 Å². The van der Waals surface area contributed by atoms with Gasteiger partial charge in [-0.3, -0.25) is 4.79 Å². The normalized spacial score (nSPS) is 21.1. The second kappa shape index (κ2) is 10.1. The van der Waals surface area contributed by atoms with Crippen LogP contribution in [0, 0.1) is 11.8 Å². The number of carbonyl (C=O) groups is 1. The van der Waals surface area contributed by atoms with Crippen molar-refractivity contribution in [3.8, 4) is 5.75 Å². The maximum Gasteiger partial charge on any atom is 0.227 e. The molecule has 1 amide bonds. The molecule has 5 heteroatoms. The third-order valence-electron chi connectivity index (χ3n) is 6.44. The number of likely N-dealkylation sites (tertiary alicyclic amines) is 1. The second-order valence-electron chi connectivity index (χ2n) is 8.59.